The highest BCUT2D eigenvalue weighted by atomic mass is 127. The third kappa shape index (κ3) is 7.39. The van der Waals surface area contributed by atoms with E-state index in [2.05, 4.69) is 36.4 Å². The van der Waals surface area contributed by atoms with Crippen LogP contribution in [-0.4, -0.2) is 31.8 Å². The molecule has 1 fully saturated rings. The van der Waals surface area contributed by atoms with E-state index in [0.29, 0.717) is 12.5 Å². The molecule has 1 saturated heterocycles. The summed E-state index contributed by atoms with van der Waals surface area (Å²) in [4.78, 5) is 4.58. The minimum atomic E-state index is -0.224. The molecule has 2 N–H and O–H groups in total. The van der Waals surface area contributed by atoms with E-state index in [9.17, 15) is 4.39 Å². The Labute approximate surface area is 174 Å². The molecule has 2 rings (SSSR count). The Balaban J connectivity index is 0.00000338. The third-order valence-electron chi connectivity index (χ3n) is 4.48. The fourth-order valence-corrected chi connectivity index (χ4v) is 3.38. The predicted molar refractivity (Wildman–Crippen MR) is 117 cm³/mol. The zero-order valence-electron chi connectivity index (χ0n) is 16.3. The van der Waals surface area contributed by atoms with E-state index >= 15 is 0 Å². The number of aliphatic imine (C=N–C) groups is 1. The van der Waals surface area contributed by atoms with Crippen LogP contribution in [0.1, 0.15) is 46.1 Å². The first kappa shape index (κ1) is 23.1. The number of nitrogens with one attached hydrogen (secondary N) is 2. The lowest BCUT2D eigenvalue weighted by molar-refractivity contribution is -0.0835. The highest BCUT2D eigenvalue weighted by Crippen LogP contribution is 2.33. The molecule has 1 aliphatic heterocycles. The van der Waals surface area contributed by atoms with Crippen LogP contribution in [0.2, 0.25) is 0 Å². The van der Waals surface area contributed by atoms with E-state index in [1.54, 1.807) is 6.07 Å². The van der Waals surface area contributed by atoms with Gasteiger partial charge in [-0.25, -0.2) is 9.38 Å². The maximum atomic E-state index is 13.3. The number of rotatable bonds is 5. The van der Waals surface area contributed by atoms with Gasteiger partial charge >= 0.3 is 0 Å². The largest absolute Gasteiger partial charge is 0.377 e. The molecule has 148 valence electrons. The van der Waals surface area contributed by atoms with Gasteiger partial charge in [-0.15, -0.1) is 24.0 Å². The maximum absolute atomic E-state index is 13.3. The molecule has 0 spiro atoms. The van der Waals surface area contributed by atoms with Crippen molar-refractivity contribution in [1.82, 2.24) is 10.6 Å². The number of hydrogen-bond acceptors (Lipinski definition) is 2. The standard InChI is InChI=1S/C20H32FN3O.HI/c1-5-22-19(23-13-15-8-6-10-17(21)12-15)24-14-16-9-7-11-25-18(16)20(2,3)4;/h6,8,10,12,16,18H,5,7,9,11,13-14H2,1-4H3,(H2,22,23,24);1H. The minimum absolute atomic E-state index is 0. The average Bonchev–Trinajstić information content (AvgIpc) is 2.57. The number of hydrogen-bond donors (Lipinski definition) is 2. The van der Waals surface area contributed by atoms with Crippen LogP contribution in [-0.2, 0) is 11.3 Å². The second-order valence-corrected chi connectivity index (χ2v) is 7.77. The summed E-state index contributed by atoms with van der Waals surface area (Å²) < 4.78 is 19.3. The van der Waals surface area contributed by atoms with Crippen LogP contribution >= 0.6 is 24.0 Å². The second kappa shape index (κ2) is 11.1. The fourth-order valence-electron chi connectivity index (χ4n) is 3.38. The smallest absolute Gasteiger partial charge is 0.191 e. The highest BCUT2D eigenvalue weighted by Gasteiger charge is 2.35. The van der Waals surface area contributed by atoms with Crippen LogP contribution in [0.4, 0.5) is 4.39 Å². The summed E-state index contributed by atoms with van der Waals surface area (Å²) >= 11 is 0. The SMILES string of the molecule is CCNC(=NCc1cccc(F)c1)NCC1CCCOC1C(C)(C)C.I. The predicted octanol–water partition coefficient (Wildman–Crippen LogP) is 4.34. The monoisotopic (exact) mass is 477 g/mol. The summed E-state index contributed by atoms with van der Waals surface area (Å²) in [5.74, 6) is 1.01. The van der Waals surface area contributed by atoms with Crippen LogP contribution in [0.3, 0.4) is 0 Å². The Morgan fingerprint density at radius 2 is 2.08 bits per heavy atom. The van der Waals surface area contributed by atoms with Gasteiger partial charge in [-0.1, -0.05) is 32.9 Å². The van der Waals surface area contributed by atoms with Crippen molar-refractivity contribution >= 4 is 29.9 Å². The van der Waals surface area contributed by atoms with Crippen LogP contribution in [0.5, 0.6) is 0 Å². The van der Waals surface area contributed by atoms with Gasteiger partial charge in [-0.05, 0) is 42.9 Å². The summed E-state index contributed by atoms with van der Waals surface area (Å²) in [7, 11) is 0. The summed E-state index contributed by atoms with van der Waals surface area (Å²) in [6.45, 7) is 11.7. The Hall–Kier alpha value is -0.890. The van der Waals surface area contributed by atoms with Gasteiger partial charge < -0.3 is 15.4 Å². The Bertz CT molecular complexity index is 574. The highest BCUT2D eigenvalue weighted by molar-refractivity contribution is 14.0. The quantitative estimate of drug-likeness (QED) is 0.377. The maximum Gasteiger partial charge on any atom is 0.191 e. The van der Waals surface area contributed by atoms with Gasteiger partial charge in [0.05, 0.1) is 12.6 Å². The lowest BCUT2D eigenvalue weighted by Gasteiger charge is -2.40. The van der Waals surface area contributed by atoms with Gasteiger partial charge in [-0.2, -0.15) is 0 Å². The molecule has 0 radical (unpaired) electrons. The van der Waals surface area contributed by atoms with E-state index in [1.165, 1.54) is 12.1 Å². The van der Waals surface area contributed by atoms with Crippen LogP contribution < -0.4 is 10.6 Å². The van der Waals surface area contributed by atoms with E-state index in [1.807, 2.05) is 13.0 Å². The Morgan fingerprint density at radius 1 is 1.31 bits per heavy atom. The van der Waals surface area contributed by atoms with Crippen molar-refractivity contribution in [2.24, 2.45) is 16.3 Å². The van der Waals surface area contributed by atoms with Crippen molar-refractivity contribution in [2.45, 2.75) is 53.2 Å². The molecule has 6 heteroatoms. The van der Waals surface area contributed by atoms with Gasteiger partial charge in [0.2, 0.25) is 0 Å². The molecular formula is C20H33FIN3O. The second-order valence-electron chi connectivity index (χ2n) is 7.77. The number of nitrogens with zero attached hydrogens (tertiary/aromatic N) is 1. The molecule has 0 aromatic heterocycles. The van der Waals surface area contributed by atoms with Gasteiger partial charge in [0.15, 0.2) is 5.96 Å². The normalized spacial score (nSPS) is 21.0. The lowest BCUT2D eigenvalue weighted by Crippen LogP contribution is -2.47. The van der Waals surface area contributed by atoms with Gasteiger partial charge in [0, 0.05) is 25.6 Å². The third-order valence-corrected chi connectivity index (χ3v) is 4.48. The number of halogens is 2. The molecule has 4 nitrogen and oxygen atoms in total. The molecule has 1 aromatic rings. The Kier molecular flexibility index (Phi) is 9.85. The first-order valence-corrected chi connectivity index (χ1v) is 9.28. The molecule has 1 aliphatic rings. The fraction of sp³-hybridized carbons (Fsp3) is 0.650. The topological polar surface area (TPSA) is 45.7 Å². The summed E-state index contributed by atoms with van der Waals surface area (Å²) in [5.41, 5.74) is 0.995. The summed E-state index contributed by atoms with van der Waals surface area (Å²) in [6, 6.07) is 6.58. The van der Waals surface area contributed by atoms with E-state index in [0.717, 1.165) is 44.1 Å². The number of benzene rings is 1. The first-order chi connectivity index (χ1) is 11.9. The number of guanidine groups is 1. The zero-order valence-corrected chi connectivity index (χ0v) is 18.7. The van der Waals surface area contributed by atoms with E-state index < -0.39 is 0 Å². The van der Waals surface area contributed by atoms with Crippen LogP contribution in [0, 0.1) is 17.2 Å². The molecule has 26 heavy (non-hydrogen) atoms. The van der Waals surface area contributed by atoms with Crippen molar-refractivity contribution in [3.05, 3.63) is 35.6 Å². The molecular weight excluding hydrogens is 444 g/mol. The van der Waals surface area contributed by atoms with Gasteiger partial charge in [0.1, 0.15) is 5.82 Å². The van der Waals surface area contributed by atoms with Crippen molar-refractivity contribution in [2.75, 3.05) is 19.7 Å². The molecule has 0 aliphatic carbocycles. The molecule has 0 amide bonds. The Morgan fingerprint density at radius 3 is 2.73 bits per heavy atom. The van der Waals surface area contributed by atoms with Crippen molar-refractivity contribution in [1.29, 1.82) is 0 Å². The van der Waals surface area contributed by atoms with Gasteiger partial charge in [0.25, 0.3) is 0 Å². The molecule has 0 bridgehead atoms. The summed E-state index contributed by atoms with van der Waals surface area (Å²) in [5, 5.41) is 6.71. The lowest BCUT2D eigenvalue weighted by atomic mass is 9.78. The van der Waals surface area contributed by atoms with Crippen LogP contribution in [0.25, 0.3) is 0 Å². The first-order valence-electron chi connectivity index (χ1n) is 9.28. The zero-order chi connectivity index (χ0) is 18.3. The molecule has 2 unspecified atom stereocenters. The van der Waals surface area contributed by atoms with Gasteiger partial charge in [-0.3, -0.25) is 0 Å². The molecule has 2 atom stereocenters. The average molecular weight is 477 g/mol. The van der Waals surface area contributed by atoms with E-state index in [4.69, 9.17) is 4.74 Å². The van der Waals surface area contributed by atoms with Crippen molar-refractivity contribution in [3.8, 4) is 0 Å². The number of ether oxygens (including phenoxy) is 1. The van der Waals surface area contributed by atoms with Crippen molar-refractivity contribution < 1.29 is 9.13 Å². The summed E-state index contributed by atoms with van der Waals surface area (Å²) in [6.07, 6.45) is 2.52. The van der Waals surface area contributed by atoms with Crippen molar-refractivity contribution in [3.63, 3.8) is 0 Å². The minimum Gasteiger partial charge on any atom is -0.377 e. The van der Waals surface area contributed by atoms with Crippen LogP contribution in [0.15, 0.2) is 29.3 Å². The molecule has 1 heterocycles. The van der Waals surface area contributed by atoms with E-state index in [-0.39, 0.29) is 41.3 Å². The molecule has 0 saturated carbocycles. The molecule has 1 aromatic carbocycles.